The molecule has 0 atom stereocenters. The van der Waals surface area contributed by atoms with Gasteiger partial charge in [-0.2, -0.15) is 0 Å². The summed E-state index contributed by atoms with van der Waals surface area (Å²) in [5, 5.41) is 0.248. The Bertz CT molecular complexity index is 1250. The Kier molecular flexibility index (Phi) is 5.98. The molecule has 32 heavy (non-hydrogen) atoms. The summed E-state index contributed by atoms with van der Waals surface area (Å²) in [6, 6.07) is 17.6. The monoisotopic (exact) mass is 483 g/mol. The molecule has 0 aliphatic heterocycles. The summed E-state index contributed by atoms with van der Waals surface area (Å²) in [5.41, 5.74) is -0.199. The first-order valence-electron chi connectivity index (χ1n) is 9.27. The van der Waals surface area contributed by atoms with Crippen molar-refractivity contribution < 1.29 is 19.2 Å². The number of fused-ring (bicyclic) bond motifs is 1. The Morgan fingerprint density at radius 2 is 1.00 bits per heavy atom. The van der Waals surface area contributed by atoms with Crippen LogP contribution in [0.1, 0.15) is 41.4 Å². The number of rotatable bonds is 3. The fraction of sp³-hybridized carbons (Fsp3) is 0. The molecule has 0 aromatic heterocycles. The molecule has 0 N–H and O–H groups in total. The van der Waals surface area contributed by atoms with E-state index in [1.807, 2.05) is 0 Å². The van der Waals surface area contributed by atoms with Gasteiger partial charge < -0.3 is 0 Å². The third kappa shape index (κ3) is 3.86. The van der Waals surface area contributed by atoms with E-state index in [0.717, 1.165) is 0 Å². The van der Waals surface area contributed by atoms with Gasteiger partial charge in [0.05, 0.1) is 0 Å². The predicted octanol–water partition coefficient (Wildman–Crippen LogP) is 5.81. The molecule has 1 aliphatic carbocycles. The number of amides is 2. The molecule has 2 amide bonds. The number of halogens is 3. The van der Waals surface area contributed by atoms with Crippen molar-refractivity contribution in [3.8, 4) is 0 Å². The number of benzene rings is 3. The highest BCUT2D eigenvalue weighted by molar-refractivity contribution is 6.50. The number of nitrogens with zero attached hydrogens (tertiary/aromatic N) is 1. The summed E-state index contributed by atoms with van der Waals surface area (Å²) in [6.07, 6.45) is 0. The molecule has 3 aromatic rings. The molecule has 0 spiro atoms. The van der Waals surface area contributed by atoms with Gasteiger partial charge in [-0.3, -0.25) is 19.2 Å². The van der Waals surface area contributed by atoms with Gasteiger partial charge in [0, 0.05) is 32.3 Å². The number of hydrogen-bond donors (Lipinski definition) is 0. The van der Waals surface area contributed by atoms with Crippen LogP contribution in [0, 0.1) is 0 Å². The lowest BCUT2D eigenvalue weighted by molar-refractivity contribution is 0.0641. The molecule has 0 fully saturated rings. The lowest BCUT2D eigenvalue weighted by Crippen LogP contribution is -2.41. The van der Waals surface area contributed by atoms with E-state index in [1.165, 1.54) is 60.7 Å². The van der Waals surface area contributed by atoms with Gasteiger partial charge >= 0.3 is 0 Å². The number of carbonyl (C=O) groups is 4. The molecule has 0 saturated carbocycles. The number of ketones is 2. The van der Waals surface area contributed by atoms with Crippen LogP contribution < -0.4 is 0 Å². The Morgan fingerprint density at radius 1 is 0.594 bits per heavy atom. The second-order valence-corrected chi connectivity index (χ2v) is 8.08. The standard InChI is InChI=1S/C24H12Cl3NO4/c25-15-9-5-13(6-10-15)23(31)28(24(32)14-7-11-16(26)12-8-14)20-19(27)21(29)17-3-1-2-4-18(17)22(20)30/h1-12H. The van der Waals surface area contributed by atoms with E-state index in [0.29, 0.717) is 14.9 Å². The van der Waals surface area contributed by atoms with Crippen molar-refractivity contribution >= 4 is 58.2 Å². The van der Waals surface area contributed by atoms with E-state index in [1.54, 1.807) is 12.1 Å². The van der Waals surface area contributed by atoms with Crippen molar-refractivity contribution in [2.45, 2.75) is 0 Å². The number of imide groups is 1. The van der Waals surface area contributed by atoms with E-state index in [4.69, 9.17) is 34.8 Å². The molecule has 0 bridgehead atoms. The highest BCUT2D eigenvalue weighted by Gasteiger charge is 2.40. The maximum absolute atomic E-state index is 13.4. The van der Waals surface area contributed by atoms with Crippen LogP contribution in [0.3, 0.4) is 0 Å². The lowest BCUT2D eigenvalue weighted by Gasteiger charge is -2.27. The van der Waals surface area contributed by atoms with Gasteiger partial charge in [0.15, 0.2) is 0 Å². The van der Waals surface area contributed by atoms with Gasteiger partial charge in [0.1, 0.15) is 10.7 Å². The molecule has 5 nitrogen and oxygen atoms in total. The van der Waals surface area contributed by atoms with Crippen LogP contribution in [0.25, 0.3) is 0 Å². The van der Waals surface area contributed by atoms with E-state index < -0.39 is 34.1 Å². The summed E-state index contributed by atoms with van der Waals surface area (Å²) >= 11 is 18.1. The molecular weight excluding hydrogens is 473 g/mol. The minimum Gasteiger partial charge on any atom is -0.287 e. The zero-order valence-electron chi connectivity index (χ0n) is 16.1. The second kappa shape index (κ2) is 8.71. The molecule has 158 valence electrons. The Balaban J connectivity index is 1.90. The van der Waals surface area contributed by atoms with Gasteiger partial charge in [-0.05, 0) is 48.5 Å². The number of carbonyl (C=O) groups excluding carboxylic acids is 4. The Labute approximate surface area is 197 Å². The van der Waals surface area contributed by atoms with E-state index in [9.17, 15) is 19.2 Å². The highest BCUT2D eigenvalue weighted by atomic mass is 35.5. The van der Waals surface area contributed by atoms with Gasteiger partial charge in [-0.15, -0.1) is 0 Å². The van der Waals surface area contributed by atoms with Crippen molar-refractivity contribution in [2.75, 3.05) is 0 Å². The van der Waals surface area contributed by atoms with Gasteiger partial charge in [-0.25, -0.2) is 4.90 Å². The van der Waals surface area contributed by atoms with Crippen LogP contribution in [0.5, 0.6) is 0 Å². The van der Waals surface area contributed by atoms with Gasteiger partial charge in [0.25, 0.3) is 11.8 Å². The number of Topliss-reactive ketones (excluding diaryl/α,β-unsaturated/α-hetero) is 2. The van der Waals surface area contributed by atoms with Crippen LogP contribution in [0.15, 0.2) is 83.5 Å². The average Bonchev–Trinajstić information content (AvgIpc) is 2.80. The molecule has 3 aromatic carbocycles. The highest BCUT2D eigenvalue weighted by Crippen LogP contribution is 2.32. The van der Waals surface area contributed by atoms with Gasteiger partial charge in [-0.1, -0.05) is 59.1 Å². The summed E-state index contributed by atoms with van der Waals surface area (Å²) in [5.74, 6) is -3.05. The van der Waals surface area contributed by atoms with E-state index in [2.05, 4.69) is 0 Å². The minimum absolute atomic E-state index is 0.0507. The first kappa shape index (κ1) is 22.0. The second-order valence-electron chi connectivity index (χ2n) is 6.83. The van der Waals surface area contributed by atoms with Crippen LogP contribution in [0.4, 0.5) is 0 Å². The van der Waals surface area contributed by atoms with E-state index in [-0.39, 0.29) is 22.3 Å². The van der Waals surface area contributed by atoms with Crippen molar-refractivity contribution in [2.24, 2.45) is 0 Å². The SMILES string of the molecule is O=C1C(Cl)=C(N(C(=O)c2ccc(Cl)cc2)C(=O)c2ccc(Cl)cc2)C(=O)c2ccccc21. The number of allylic oxidation sites excluding steroid dienone is 2. The molecule has 0 saturated heterocycles. The van der Waals surface area contributed by atoms with Crippen molar-refractivity contribution in [1.29, 1.82) is 0 Å². The summed E-state index contributed by atoms with van der Waals surface area (Å²) in [4.78, 5) is 53.7. The molecule has 0 radical (unpaired) electrons. The minimum atomic E-state index is -0.838. The van der Waals surface area contributed by atoms with Crippen LogP contribution >= 0.6 is 34.8 Å². The maximum atomic E-state index is 13.4. The molecule has 0 unspecified atom stereocenters. The van der Waals surface area contributed by atoms with Crippen molar-refractivity contribution in [3.05, 3.63) is 116 Å². The summed E-state index contributed by atoms with van der Waals surface area (Å²) in [6.45, 7) is 0. The number of hydrogen-bond acceptors (Lipinski definition) is 4. The van der Waals surface area contributed by atoms with Crippen LogP contribution in [0.2, 0.25) is 10.0 Å². The molecule has 0 heterocycles. The lowest BCUT2D eigenvalue weighted by atomic mass is 9.91. The zero-order chi connectivity index (χ0) is 23.0. The topological polar surface area (TPSA) is 71.5 Å². The van der Waals surface area contributed by atoms with Crippen molar-refractivity contribution in [1.82, 2.24) is 4.90 Å². The van der Waals surface area contributed by atoms with Gasteiger partial charge in [0.2, 0.25) is 11.6 Å². The largest absolute Gasteiger partial charge is 0.287 e. The Morgan fingerprint density at radius 3 is 1.44 bits per heavy atom. The quantitative estimate of drug-likeness (QED) is 0.440. The first-order chi connectivity index (χ1) is 15.3. The average molecular weight is 485 g/mol. The third-order valence-corrected chi connectivity index (χ3v) is 5.71. The smallest absolute Gasteiger partial charge is 0.265 e. The third-order valence-electron chi connectivity index (χ3n) is 4.85. The van der Waals surface area contributed by atoms with E-state index >= 15 is 0 Å². The maximum Gasteiger partial charge on any atom is 0.265 e. The zero-order valence-corrected chi connectivity index (χ0v) is 18.4. The molecule has 8 heteroatoms. The fourth-order valence-corrected chi connectivity index (χ4v) is 3.79. The van der Waals surface area contributed by atoms with Crippen LogP contribution in [-0.2, 0) is 0 Å². The predicted molar refractivity (Wildman–Crippen MR) is 121 cm³/mol. The van der Waals surface area contributed by atoms with Crippen LogP contribution in [-0.4, -0.2) is 28.3 Å². The Hall–Kier alpha value is -3.25. The summed E-state index contributed by atoms with van der Waals surface area (Å²) in [7, 11) is 0. The molecule has 1 aliphatic rings. The van der Waals surface area contributed by atoms with Crippen molar-refractivity contribution in [3.63, 3.8) is 0 Å². The molecule has 4 rings (SSSR count). The molecular formula is C24H12Cl3NO4. The normalized spacial score (nSPS) is 13.1. The fourth-order valence-electron chi connectivity index (χ4n) is 3.27. The first-order valence-corrected chi connectivity index (χ1v) is 10.4. The summed E-state index contributed by atoms with van der Waals surface area (Å²) < 4.78 is 0.